The Kier molecular flexibility index (Phi) is 6.46. The molecule has 0 unspecified atom stereocenters. The van der Waals surface area contributed by atoms with Gasteiger partial charge in [-0.2, -0.15) is 4.31 Å². The van der Waals surface area contributed by atoms with E-state index >= 15 is 0 Å². The lowest BCUT2D eigenvalue weighted by molar-refractivity contribution is 0.0696. The van der Waals surface area contributed by atoms with Crippen molar-refractivity contribution >= 4 is 39.2 Å². The van der Waals surface area contributed by atoms with Crippen LogP contribution in [0.3, 0.4) is 0 Å². The second kappa shape index (κ2) is 8.19. The molecule has 0 saturated heterocycles. The van der Waals surface area contributed by atoms with E-state index in [1.54, 1.807) is 19.1 Å². The zero-order chi connectivity index (χ0) is 18.6. The fourth-order valence-corrected chi connectivity index (χ4v) is 4.28. The van der Waals surface area contributed by atoms with Gasteiger partial charge >= 0.3 is 5.97 Å². The summed E-state index contributed by atoms with van der Waals surface area (Å²) in [4.78, 5) is 11.0. The number of halogens is 2. The largest absolute Gasteiger partial charge is 0.478 e. The number of carbonyl (C=O) groups is 1. The number of aromatic carboxylic acids is 1. The normalized spacial score (nSPS) is 11.7. The van der Waals surface area contributed by atoms with Crippen molar-refractivity contribution < 1.29 is 18.3 Å². The summed E-state index contributed by atoms with van der Waals surface area (Å²) in [7, 11) is -3.85. The molecule has 0 amide bonds. The molecule has 0 atom stereocenters. The van der Waals surface area contributed by atoms with E-state index in [0.29, 0.717) is 11.4 Å². The lowest BCUT2D eigenvalue weighted by atomic mass is 10.1. The van der Waals surface area contributed by atoms with Gasteiger partial charge < -0.3 is 5.11 Å². The van der Waals surface area contributed by atoms with Crippen LogP contribution in [0.15, 0.2) is 47.4 Å². The summed E-state index contributed by atoms with van der Waals surface area (Å²) in [6.07, 6.45) is 0.511. The van der Waals surface area contributed by atoms with Crippen LogP contribution >= 0.6 is 23.2 Å². The van der Waals surface area contributed by atoms with Gasteiger partial charge in [0.25, 0.3) is 0 Å². The summed E-state index contributed by atoms with van der Waals surface area (Å²) in [5.41, 5.74) is 0.787. The van der Waals surface area contributed by atoms with Crippen molar-refractivity contribution in [2.24, 2.45) is 0 Å². The van der Waals surface area contributed by atoms with Crippen LogP contribution in [0.25, 0.3) is 0 Å². The van der Waals surface area contributed by atoms with Crippen LogP contribution in [0.1, 0.15) is 22.8 Å². The van der Waals surface area contributed by atoms with Crippen LogP contribution in [0.5, 0.6) is 0 Å². The quantitative estimate of drug-likeness (QED) is 0.761. The maximum Gasteiger partial charge on any atom is 0.335 e. The third-order valence-electron chi connectivity index (χ3n) is 3.67. The fourth-order valence-electron chi connectivity index (χ4n) is 2.34. The molecular weight excluding hydrogens is 385 g/mol. The molecule has 25 heavy (non-hydrogen) atoms. The van der Waals surface area contributed by atoms with E-state index in [1.807, 2.05) is 12.1 Å². The maximum atomic E-state index is 12.8. The molecule has 0 saturated carbocycles. The Bertz CT molecular complexity index is 867. The zero-order valence-corrected chi connectivity index (χ0v) is 15.8. The van der Waals surface area contributed by atoms with Crippen LogP contribution in [-0.2, 0) is 16.4 Å². The zero-order valence-electron chi connectivity index (χ0n) is 13.4. The van der Waals surface area contributed by atoms with Crippen molar-refractivity contribution in [2.75, 3.05) is 13.1 Å². The molecule has 2 aromatic carbocycles. The van der Waals surface area contributed by atoms with E-state index in [0.717, 1.165) is 11.6 Å². The third kappa shape index (κ3) is 4.95. The molecule has 0 fully saturated rings. The molecule has 2 rings (SSSR count). The highest BCUT2D eigenvalue weighted by Gasteiger charge is 2.24. The van der Waals surface area contributed by atoms with E-state index in [4.69, 9.17) is 28.3 Å². The third-order valence-corrected chi connectivity index (χ3v) is 6.09. The molecule has 134 valence electrons. The Morgan fingerprint density at radius 1 is 1.08 bits per heavy atom. The van der Waals surface area contributed by atoms with E-state index in [9.17, 15) is 13.2 Å². The minimum absolute atomic E-state index is 0.0622. The molecule has 0 aliphatic carbocycles. The van der Waals surface area contributed by atoms with Gasteiger partial charge in [-0.05, 0) is 42.3 Å². The maximum absolute atomic E-state index is 12.8. The first-order valence-corrected chi connectivity index (χ1v) is 9.72. The van der Waals surface area contributed by atoms with Gasteiger partial charge in [-0.15, -0.1) is 0 Å². The Balaban J connectivity index is 2.26. The number of nitrogens with zero attached hydrogens (tertiary/aromatic N) is 1. The number of benzene rings is 2. The summed E-state index contributed by atoms with van der Waals surface area (Å²) in [6, 6.07) is 10.8. The molecule has 0 bridgehead atoms. The first-order valence-electron chi connectivity index (χ1n) is 7.52. The van der Waals surface area contributed by atoms with Crippen molar-refractivity contribution in [1.82, 2.24) is 4.31 Å². The highest BCUT2D eigenvalue weighted by atomic mass is 35.5. The highest BCUT2D eigenvalue weighted by Crippen LogP contribution is 2.23. The molecule has 8 heteroatoms. The number of hydrogen-bond acceptors (Lipinski definition) is 3. The van der Waals surface area contributed by atoms with E-state index in [1.165, 1.54) is 16.4 Å². The average Bonchev–Trinajstić information content (AvgIpc) is 2.56. The predicted octanol–water partition coefficient (Wildman–Crippen LogP) is 3.94. The Labute approximate surface area is 156 Å². The highest BCUT2D eigenvalue weighted by molar-refractivity contribution is 7.89. The number of sulfonamides is 1. The second-order valence-electron chi connectivity index (χ2n) is 5.35. The summed E-state index contributed by atoms with van der Waals surface area (Å²) < 4.78 is 26.9. The number of carboxylic acids is 1. The minimum Gasteiger partial charge on any atom is -0.478 e. The van der Waals surface area contributed by atoms with Crippen LogP contribution < -0.4 is 0 Å². The standard InChI is InChI=1S/C17H17Cl2NO4S/c1-2-20(8-7-12-3-5-14(18)6-4-12)25(23,24)16-10-13(17(21)22)9-15(19)11-16/h3-6,9-11H,2,7-8H2,1H3,(H,21,22). The van der Waals surface area contributed by atoms with Crippen molar-refractivity contribution in [3.8, 4) is 0 Å². The molecule has 1 N–H and O–H groups in total. The SMILES string of the molecule is CCN(CCc1ccc(Cl)cc1)S(=O)(=O)c1cc(Cl)cc(C(=O)O)c1. The average molecular weight is 402 g/mol. The molecule has 0 aliphatic heterocycles. The van der Waals surface area contributed by atoms with Crippen molar-refractivity contribution in [3.05, 3.63) is 63.6 Å². The van der Waals surface area contributed by atoms with Crippen LogP contribution in [0, 0.1) is 0 Å². The topological polar surface area (TPSA) is 74.7 Å². The Morgan fingerprint density at radius 2 is 1.72 bits per heavy atom. The predicted molar refractivity (Wildman–Crippen MR) is 98.0 cm³/mol. The smallest absolute Gasteiger partial charge is 0.335 e. The molecule has 0 radical (unpaired) electrons. The molecule has 0 aromatic heterocycles. The van der Waals surface area contributed by atoms with E-state index < -0.39 is 16.0 Å². The summed E-state index contributed by atoms with van der Waals surface area (Å²) >= 11 is 11.7. The molecule has 0 heterocycles. The van der Waals surface area contributed by atoms with Crippen molar-refractivity contribution in [2.45, 2.75) is 18.2 Å². The van der Waals surface area contributed by atoms with Gasteiger partial charge in [-0.25, -0.2) is 13.2 Å². The second-order valence-corrected chi connectivity index (χ2v) is 8.16. The fraction of sp³-hybridized carbons (Fsp3) is 0.235. The van der Waals surface area contributed by atoms with Gasteiger partial charge in [-0.1, -0.05) is 42.3 Å². The monoisotopic (exact) mass is 401 g/mol. The summed E-state index contributed by atoms with van der Waals surface area (Å²) in [5, 5.41) is 9.77. The van der Waals surface area contributed by atoms with Gasteiger partial charge in [0.1, 0.15) is 0 Å². The Morgan fingerprint density at radius 3 is 2.28 bits per heavy atom. The number of likely N-dealkylation sites (N-methyl/N-ethyl adjacent to an activating group) is 1. The summed E-state index contributed by atoms with van der Waals surface area (Å²) in [6.45, 7) is 2.24. The van der Waals surface area contributed by atoms with E-state index in [-0.39, 0.29) is 28.6 Å². The van der Waals surface area contributed by atoms with E-state index in [2.05, 4.69) is 0 Å². The van der Waals surface area contributed by atoms with Crippen LogP contribution in [0.2, 0.25) is 10.0 Å². The van der Waals surface area contributed by atoms with Crippen molar-refractivity contribution in [1.29, 1.82) is 0 Å². The molecular formula is C17H17Cl2NO4S. The van der Waals surface area contributed by atoms with Gasteiger partial charge in [-0.3, -0.25) is 0 Å². The van der Waals surface area contributed by atoms with Crippen LogP contribution in [-0.4, -0.2) is 36.9 Å². The number of rotatable bonds is 7. The van der Waals surface area contributed by atoms with Gasteiger partial charge in [0, 0.05) is 23.1 Å². The molecule has 0 aliphatic rings. The number of hydrogen-bond donors (Lipinski definition) is 1. The first kappa shape index (κ1) is 19.7. The summed E-state index contributed by atoms with van der Waals surface area (Å²) in [5.74, 6) is -1.23. The van der Waals surface area contributed by atoms with Gasteiger partial charge in [0.15, 0.2) is 0 Å². The molecule has 5 nitrogen and oxygen atoms in total. The minimum atomic E-state index is -3.85. The molecule has 2 aromatic rings. The number of carboxylic acid groups (broad SMARTS) is 1. The lowest BCUT2D eigenvalue weighted by Crippen LogP contribution is -2.33. The Hall–Kier alpha value is -1.60. The van der Waals surface area contributed by atoms with Gasteiger partial charge in [0.05, 0.1) is 10.5 Å². The van der Waals surface area contributed by atoms with Gasteiger partial charge in [0.2, 0.25) is 10.0 Å². The first-order chi connectivity index (χ1) is 11.7. The molecule has 0 spiro atoms. The van der Waals surface area contributed by atoms with Crippen molar-refractivity contribution in [3.63, 3.8) is 0 Å². The van der Waals surface area contributed by atoms with Crippen LogP contribution in [0.4, 0.5) is 0 Å². The lowest BCUT2D eigenvalue weighted by Gasteiger charge is -2.21.